The highest BCUT2D eigenvalue weighted by atomic mass is 32.2. The molecule has 1 aliphatic rings. The number of aryl methyl sites for hydroxylation is 1. The van der Waals surface area contributed by atoms with Gasteiger partial charge in [-0.1, -0.05) is 84.4 Å². The molecule has 1 aliphatic heterocycles. The number of amides is 6. The van der Waals surface area contributed by atoms with Crippen LogP contribution in [0.1, 0.15) is 85.8 Å². The first-order valence-electron chi connectivity index (χ1n) is 20.1. The molecule has 1 aromatic carbocycles. The second kappa shape index (κ2) is 22.5. The molecule has 6 atom stereocenters. The van der Waals surface area contributed by atoms with Crippen LogP contribution in [0.4, 0.5) is 0 Å². The van der Waals surface area contributed by atoms with Gasteiger partial charge >= 0.3 is 5.97 Å². The Kier molecular flexibility index (Phi) is 19.4. The molecule has 60 heavy (non-hydrogen) atoms. The first kappa shape index (κ1) is 51.8. The van der Waals surface area contributed by atoms with E-state index in [4.69, 9.17) is 10.8 Å². The summed E-state index contributed by atoms with van der Waals surface area (Å²) < 4.78 is 0. The van der Waals surface area contributed by atoms with Crippen molar-refractivity contribution in [1.82, 2.24) is 31.1 Å². The van der Waals surface area contributed by atoms with Crippen LogP contribution in [-0.4, -0.2) is 141 Å². The normalized spacial score (nSPS) is 17.6. The number of carbonyl (C=O) groups excluding carboxylic acids is 6. The van der Waals surface area contributed by atoms with Crippen molar-refractivity contribution >= 4 is 53.2 Å². The maximum Gasteiger partial charge on any atom is 0.321 e. The quantitative estimate of drug-likeness (QED) is 0.0456. The van der Waals surface area contributed by atoms with E-state index in [2.05, 4.69) is 21.3 Å². The number of rotatable bonds is 22. The summed E-state index contributed by atoms with van der Waals surface area (Å²) in [6, 6.07) is 3.28. The summed E-state index contributed by atoms with van der Waals surface area (Å²) in [7, 11) is 3.31. The lowest BCUT2D eigenvalue weighted by atomic mass is 9.76. The maximum atomic E-state index is 14.3. The number of nitrogens with two attached hydrogens (primary N) is 1. The second-order valence-electron chi connectivity index (χ2n) is 17.4. The Labute approximate surface area is 358 Å². The lowest BCUT2D eigenvalue weighted by Gasteiger charge is -2.40. The molecule has 9 N–H and O–H groups in total. The summed E-state index contributed by atoms with van der Waals surface area (Å²) in [4.78, 5) is 92.8. The summed E-state index contributed by atoms with van der Waals surface area (Å²) in [5.41, 5.74) is 6.35. The third-order valence-corrected chi connectivity index (χ3v) is 12.0. The topological polar surface area (TPSA) is 261 Å². The Bertz CT molecular complexity index is 1740. The monoisotopic (exact) mass is 861 g/mol. The van der Waals surface area contributed by atoms with Crippen LogP contribution in [0.5, 0.6) is 0 Å². The van der Waals surface area contributed by atoms with Crippen LogP contribution < -0.4 is 27.0 Å². The van der Waals surface area contributed by atoms with Gasteiger partial charge in [0, 0.05) is 49.7 Å². The maximum absolute atomic E-state index is 14.3. The van der Waals surface area contributed by atoms with Gasteiger partial charge in [-0.3, -0.25) is 38.5 Å². The molecular weight excluding hydrogens is 795 g/mol. The van der Waals surface area contributed by atoms with Gasteiger partial charge in [0.05, 0.1) is 23.4 Å². The van der Waals surface area contributed by atoms with Crippen LogP contribution in [0.3, 0.4) is 0 Å². The number of carboxylic acid groups (broad SMARTS) is 1. The number of nitrogens with zero attached hydrogens (tertiary/aromatic N) is 2. The van der Waals surface area contributed by atoms with Gasteiger partial charge in [-0.25, -0.2) is 0 Å². The number of aliphatic hydroxyl groups excluding tert-OH is 1. The number of benzene rings is 1. The largest absolute Gasteiger partial charge is 0.480 e. The molecule has 1 unspecified atom stereocenters. The summed E-state index contributed by atoms with van der Waals surface area (Å²) in [6.07, 6.45) is -0.925. The van der Waals surface area contributed by atoms with Gasteiger partial charge in [0.15, 0.2) is 6.29 Å². The van der Waals surface area contributed by atoms with E-state index >= 15 is 0 Å². The van der Waals surface area contributed by atoms with Gasteiger partial charge in [0.2, 0.25) is 35.4 Å². The molecule has 17 nitrogen and oxygen atoms in total. The zero-order valence-electron chi connectivity index (χ0n) is 36.8. The van der Waals surface area contributed by atoms with Crippen molar-refractivity contribution in [2.75, 3.05) is 32.9 Å². The van der Waals surface area contributed by atoms with Crippen molar-refractivity contribution in [3.63, 3.8) is 0 Å². The van der Waals surface area contributed by atoms with Crippen LogP contribution in [0.15, 0.2) is 35.9 Å². The Morgan fingerprint density at radius 1 is 1.05 bits per heavy atom. The summed E-state index contributed by atoms with van der Waals surface area (Å²) >= 11 is 0.985. The van der Waals surface area contributed by atoms with Crippen LogP contribution in [0.25, 0.3) is 0 Å². The van der Waals surface area contributed by atoms with Crippen molar-refractivity contribution in [2.45, 2.75) is 129 Å². The smallest absolute Gasteiger partial charge is 0.321 e. The molecule has 0 aliphatic carbocycles. The molecule has 2 rings (SSSR count). The molecular formula is C42H67N7O10S. The fourth-order valence-electron chi connectivity index (χ4n) is 6.91. The fraction of sp³-hybridized carbons (Fsp3) is 0.643. The Hall–Kier alpha value is -4.36. The molecule has 1 heterocycles. The number of imide groups is 1. The van der Waals surface area contributed by atoms with Crippen LogP contribution in [-0.2, 0) is 39.0 Å². The van der Waals surface area contributed by atoms with Crippen LogP contribution in [0, 0.1) is 18.3 Å². The van der Waals surface area contributed by atoms with E-state index in [-0.39, 0.29) is 61.4 Å². The minimum atomic E-state index is -2.02. The lowest BCUT2D eigenvalue weighted by Crippen LogP contribution is -2.61. The molecule has 0 aromatic heterocycles. The average molecular weight is 862 g/mol. The SMILES string of the molecule is CN[C@H](C(=O)N[C@H](C(=O)N(C)[C@H](/C=C(\C)C(=O)N[C@H](CCC(=O)NCCN1C(=O)CC(SC[C@H](N)C(=O)O)C1=O)C(O)O)C(C)C)C(C)(C)C)C(C)(C)c1cccc(C)c1. The highest BCUT2D eigenvalue weighted by Gasteiger charge is 2.42. The predicted octanol–water partition coefficient (Wildman–Crippen LogP) is 0.785. The zero-order chi connectivity index (χ0) is 45.9. The van der Waals surface area contributed by atoms with Gasteiger partial charge in [-0.2, -0.15) is 0 Å². The van der Waals surface area contributed by atoms with Gasteiger partial charge in [-0.15, -0.1) is 11.8 Å². The van der Waals surface area contributed by atoms with Crippen LogP contribution >= 0.6 is 11.8 Å². The first-order chi connectivity index (χ1) is 27.7. The van der Waals surface area contributed by atoms with Crippen molar-refractivity contribution in [2.24, 2.45) is 17.1 Å². The van der Waals surface area contributed by atoms with E-state index < -0.39 is 82.2 Å². The Morgan fingerprint density at radius 2 is 1.68 bits per heavy atom. The van der Waals surface area contributed by atoms with E-state index in [0.29, 0.717) is 0 Å². The molecule has 0 radical (unpaired) electrons. The van der Waals surface area contributed by atoms with Crippen molar-refractivity contribution in [3.05, 3.63) is 47.0 Å². The van der Waals surface area contributed by atoms with Crippen molar-refractivity contribution in [3.8, 4) is 0 Å². The zero-order valence-corrected chi connectivity index (χ0v) is 37.6. The number of hydrogen-bond acceptors (Lipinski definition) is 12. The van der Waals surface area contributed by atoms with E-state index in [1.807, 2.05) is 79.7 Å². The van der Waals surface area contributed by atoms with Gasteiger partial charge in [0.25, 0.3) is 0 Å². The fourth-order valence-corrected chi connectivity index (χ4v) is 8.02. The van der Waals surface area contributed by atoms with Gasteiger partial charge < -0.3 is 47.2 Å². The predicted molar refractivity (Wildman–Crippen MR) is 229 cm³/mol. The number of hydrogen-bond donors (Lipinski definition) is 8. The Balaban J connectivity index is 2.08. The van der Waals surface area contributed by atoms with Gasteiger partial charge in [-0.05, 0) is 44.2 Å². The molecule has 1 aromatic rings. The summed E-state index contributed by atoms with van der Waals surface area (Å²) in [5.74, 6) is -4.30. The molecule has 0 spiro atoms. The minimum absolute atomic E-state index is 0.0479. The molecule has 1 saturated heterocycles. The number of aliphatic carboxylic acids is 1. The van der Waals surface area contributed by atoms with E-state index in [0.717, 1.165) is 27.8 Å². The third-order valence-electron chi connectivity index (χ3n) is 10.7. The molecule has 18 heteroatoms. The first-order valence-corrected chi connectivity index (χ1v) is 21.2. The number of likely N-dealkylation sites (N-methyl/N-ethyl adjacent to an activating group) is 2. The number of nitrogens with one attached hydrogen (secondary N) is 4. The number of likely N-dealkylation sites (tertiary alicyclic amines) is 1. The molecule has 0 saturated carbocycles. The standard InChI is InChI=1S/C42H67N7O10S/c1-23(2)29(48(11)38(55)34(41(5,6)7)47-36(53)33(44-10)42(8,9)26-14-12-13-24(3)19-26)20-25(4)35(52)46-28(40(58)59)15-16-31(50)45-17-18-49-32(51)21-30(37(49)54)60-22-27(43)39(56)57/h12-14,19-20,23,27-30,33-34,40,44,58-59H,15-18,21-22,43H2,1-11H3,(H,45,50)(H,46,52)(H,47,53)(H,56,57)/b25-20+/t27-,28+,29+,30?,33+,34+/m0/s1. The second-order valence-corrected chi connectivity index (χ2v) is 18.6. The molecule has 1 fully saturated rings. The average Bonchev–Trinajstić information content (AvgIpc) is 3.42. The van der Waals surface area contributed by atoms with Crippen molar-refractivity contribution in [1.29, 1.82) is 0 Å². The summed E-state index contributed by atoms with van der Waals surface area (Å²) in [6.45, 7) is 16.6. The Morgan fingerprint density at radius 3 is 2.22 bits per heavy atom. The number of aliphatic hydroxyl groups is 2. The minimum Gasteiger partial charge on any atom is -0.480 e. The van der Waals surface area contributed by atoms with E-state index in [1.165, 1.54) is 11.8 Å². The number of carboxylic acids is 1. The summed E-state index contributed by atoms with van der Waals surface area (Å²) in [5, 5.41) is 39.6. The van der Waals surface area contributed by atoms with E-state index in [9.17, 15) is 43.8 Å². The van der Waals surface area contributed by atoms with Crippen molar-refractivity contribution < 1.29 is 48.9 Å². The van der Waals surface area contributed by atoms with Gasteiger partial charge in [0.1, 0.15) is 12.1 Å². The molecule has 0 bridgehead atoms. The third kappa shape index (κ3) is 14.4. The number of thioether (sulfide) groups is 1. The lowest BCUT2D eigenvalue weighted by molar-refractivity contribution is -0.141. The highest BCUT2D eigenvalue weighted by molar-refractivity contribution is 8.00. The molecule has 336 valence electrons. The van der Waals surface area contributed by atoms with Crippen LogP contribution in [0.2, 0.25) is 0 Å². The number of carbonyl (C=O) groups is 7. The highest BCUT2D eigenvalue weighted by Crippen LogP contribution is 2.30. The molecule has 6 amide bonds. The van der Waals surface area contributed by atoms with E-state index in [1.54, 1.807) is 20.2 Å².